The summed E-state index contributed by atoms with van der Waals surface area (Å²) in [5.74, 6) is -0.383. The number of aromatic nitrogens is 4. The van der Waals surface area contributed by atoms with Gasteiger partial charge in [-0.3, -0.25) is 0 Å². The Morgan fingerprint density at radius 2 is 1.62 bits per heavy atom. The third kappa shape index (κ3) is 3.39. The molecule has 0 unspecified atom stereocenters. The minimum Gasteiger partial charge on any atom is -0.456 e. The summed E-state index contributed by atoms with van der Waals surface area (Å²) >= 11 is 0. The Bertz CT molecular complexity index is 990. The minimum absolute atomic E-state index is 0.125. The van der Waals surface area contributed by atoms with Crippen LogP contribution < -0.4 is 0 Å². The number of carbonyl (C=O) groups excluding carboxylic acids is 1. The average molecular weight is 344 g/mol. The number of rotatable bonds is 5. The zero-order chi connectivity index (χ0) is 17.8. The molecular weight excluding hydrogens is 328 g/mol. The Kier molecular flexibility index (Phi) is 4.30. The van der Waals surface area contributed by atoms with Crippen molar-refractivity contribution in [2.75, 3.05) is 0 Å². The lowest BCUT2D eigenvalue weighted by Crippen LogP contribution is -2.06. The number of para-hydroxylation sites is 1. The van der Waals surface area contributed by atoms with Crippen molar-refractivity contribution in [2.45, 2.75) is 6.61 Å². The van der Waals surface area contributed by atoms with Crippen LogP contribution in [0.25, 0.3) is 11.4 Å². The zero-order valence-electron chi connectivity index (χ0n) is 13.9. The van der Waals surface area contributed by atoms with Gasteiger partial charge in [-0.1, -0.05) is 18.2 Å². The standard InChI is InChI=1S/C20H16N4O2/c25-20(16-7-9-19(10-8-16)23-13-4-12-21-23)26-15-17-11-14-24(22-17)18-5-2-1-3-6-18/h1-14H,15H2. The molecule has 0 radical (unpaired) electrons. The van der Waals surface area contributed by atoms with Gasteiger partial charge in [0.2, 0.25) is 0 Å². The quantitative estimate of drug-likeness (QED) is 0.521. The van der Waals surface area contributed by atoms with E-state index in [-0.39, 0.29) is 12.6 Å². The summed E-state index contributed by atoms with van der Waals surface area (Å²) in [6.45, 7) is 0.125. The first kappa shape index (κ1) is 15.8. The first-order valence-electron chi connectivity index (χ1n) is 8.17. The monoisotopic (exact) mass is 344 g/mol. The molecule has 4 aromatic rings. The molecule has 0 atom stereocenters. The molecule has 2 aromatic heterocycles. The van der Waals surface area contributed by atoms with Crippen LogP contribution in [0.3, 0.4) is 0 Å². The fourth-order valence-electron chi connectivity index (χ4n) is 2.56. The number of ether oxygens (including phenoxy) is 1. The lowest BCUT2D eigenvalue weighted by Gasteiger charge is -2.05. The average Bonchev–Trinajstić information content (AvgIpc) is 3.39. The van der Waals surface area contributed by atoms with E-state index in [4.69, 9.17) is 4.74 Å². The van der Waals surface area contributed by atoms with Crippen LogP contribution in [0.5, 0.6) is 0 Å². The van der Waals surface area contributed by atoms with Gasteiger partial charge in [-0.15, -0.1) is 0 Å². The third-order valence-corrected chi connectivity index (χ3v) is 3.89. The maximum atomic E-state index is 12.2. The topological polar surface area (TPSA) is 61.9 Å². The second-order valence-electron chi connectivity index (χ2n) is 5.66. The van der Waals surface area contributed by atoms with Gasteiger partial charge >= 0.3 is 5.97 Å². The summed E-state index contributed by atoms with van der Waals surface area (Å²) in [5.41, 5.74) is 3.02. The number of hydrogen-bond donors (Lipinski definition) is 0. The molecule has 0 amide bonds. The summed E-state index contributed by atoms with van der Waals surface area (Å²) in [5, 5.41) is 8.58. The molecule has 2 heterocycles. The highest BCUT2D eigenvalue weighted by molar-refractivity contribution is 5.89. The van der Waals surface area contributed by atoms with Gasteiger partial charge in [0.15, 0.2) is 0 Å². The van der Waals surface area contributed by atoms with E-state index in [2.05, 4.69) is 10.2 Å². The van der Waals surface area contributed by atoms with Crippen molar-refractivity contribution in [1.82, 2.24) is 19.6 Å². The molecule has 6 nitrogen and oxygen atoms in total. The van der Waals surface area contributed by atoms with Crippen molar-refractivity contribution < 1.29 is 9.53 Å². The molecule has 0 saturated heterocycles. The van der Waals surface area contributed by atoms with E-state index in [9.17, 15) is 4.79 Å². The summed E-state index contributed by atoms with van der Waals surface area (Å²) in [4.78, 5) is 12.2. The molecular formula is C20H16N4O2. The first-order valence-corrected chi connectivity index (χ1v) is 8.17. The highest BCUT2D eigenvalue weighted by Crippen LogP contribution is 2.11. The number of carbonyl (C=O) groups is 1. The van der Waals surface area contributed by atoms with Gasteiger partial charge < -0.3 is 4.74 Å². The SMILES string of the molecule is O=C(OCc1ccn(-c2ccccc2)n1)c1ccc(-n2cccn2)cc1. The molecule has 0 bridgehead atoms. The molecule has 6 heteroatoms. The number of hydrogen-bond acceptors (Lipinski definition) is 4. The number of esters is 1. The van der Waals surface area contributed by atoms with Crippen molar-refractivity contribution in [3.8, 4) is 11.4 Å². The van der Waals surface area contributed by atoms with Gasteiger partial charge in [0.25, 0.3) is 0 Å². The van der Waals surface area contributed by atoms with Gasteiger partial charge in [-0.05, 0) is 48.5 Å². The van der Waals surface area contributed by atoms with E-state index >= 15 is 0 Å². The molecule has 0 fully saturated rings. The summed E-state index contributed by atoms with van der Waals surface area (Å²) in [7, 11) is 0. The fourth-order valence-corrected chi connectivity index (χ4v) is 2.56. The largest absolute Gasteiger partial charge is 0.456 e. The van der Waals surface area contributed by atoms with Crippen molar-refractivity contribution in [3.63, 3.8) is 0 Å². The molecule has 26 heavy (non-hydrogen) atoms. The van der Waals surface area contributed by atoms with Gasteiger partial charge in [0.1, 0.15) is 12.3 Å². The van der Waals surface area contributed by atoms with E-state index in [1.165, 1.54) is 0 Å². The van der Waals surface area contributed by atoms with Gasteiger partial charge in [0, 0.05) is 18.6 Å². The summed E-state index contributed by atoms with van der Waals surface area (Å²) in [6.07, 6.45) is 5.39. The predicted molar refractivity (Wildman–Crippen MR) is 96.2 cm³/mol. The molecule has 4 rings (SSSR count). The molecule has 2 aromatic carbocycles. The molecule has 0 saturated carbocycles. The van der Waals surface area contributed by atoms with E-state index in [1.54, 1.807) is 27.7 Å². The van der Waals surface area contributed by atoms with Crippen molar-refractivity contribution in [3.05, 3.63) is 96.6 Å². The molecule has 0 aliphatic rings. The maximum Gasteiger partial charge on any atom is 0.338 e. The molecule has 0 N–H and O–H groups in total. The molecule has 0 aliphatic carbocycles. The van der Waals surface area contributed by atoms with Crippen LogP contribution in [0.2, 0.25) is 0 Å². The van der Waals surface area contributed by atoms with Crippen molar-refractivity contribution in [2.24, 2.45) is 0 Å². The van der Waals surface area contributed by atoms with Crippen LogP contribution >= 0.6 is 0 Å². The van der Waals surface area contributed by atoms with Crippen LogP contribution in [0.15, 0.2) is 85.3 Å². The Labute approximate surface area is 150 Å². The third-order valence-electron chi connectivity index (χ3n) is 3.89. The molecule has 0 aliphatic heterocycles. The summed E-state index contributed by atoms with van der Waals surface area (Å²) < 4.78 is 8.84. The Morgan fingerprint density at radius 3 is 2.35 bits per heavy atom. The second kappa shape index (κ2) is 7.06. The van der Waals surface area contributed by atoms with Crippen LogP contribution in [-0.2, 0) is 11.3 Å². The first-order chi connectivity index (χ1) is 12.8. The van der Waals surface area contributed by atoms with E-state index in [1.807, 2.05) is 67.0 Å². The minimum atomic E-state index is -0.383. The second-order valence-corrected chi connectivity index (χ2v) is 5.66. The van der Waals surface area contributed by atoms with E-state index < -0.39 is 0 Å². The van der Waals surface area contributed by atoms with Gasteiger partial charge in [0.05, 0.1) is 16.9 Å². The van der Waals surface area contributed by atoms with E-state index in [0.29, 0.717) is 11.3 Å². The van der Waals surface area contributed by atoms with Crippen molar-refractivity contribution in [1.29, 1.82) is 0 Å². The Balaban J connectivity index is 1.39. The Morgan fingerprint density at radius 1 is 0.846 bits per heavy atom. The smallest absolute Gasteiger partial charge is 0.338 e. The normalized spacial score (nSPS) is 10.6. The highest BCUT2D eigenvalue weighted by Gasteiger charge is 2.09. The maximum absolute atomic E-state index is 12.2. The van der Waals surface area contributed by atoms with Crippen LogP contribution in [-0.4, -0.2) is 25.5 Å². The lowest BCUT2D eigenvalue weighted by molar-refractivity contribution is 0.0467. The number of nitrogens with zero attached hydrogens (tertiary/aromatic N) is 4. The van der Waals surface area contributed by atoms with E-state index in [0.717, 1.165) is 11.4 Å². The van der Waals surface area contributed by atoms with Gasteiger partial charge in [-0.25, -0.2) is 14.2 Å². The van der Waals surface area contributed by atoms with Crippen LogP contribution in [0.4, 0.5) is 0 Å². The molecule has 128 valence electrons. The Hall–Kier alpha value is -3.67. The van der Waals surface area contributed by atoms with Crippen molar-refractivity contribution >= 4 is 5.97 Å². The zero-order valence-corrected chi connectivity index (χ0v) is 13.9. The van der Waals surface area contributed by atoms with Crippen LogP contribution in [0, 0.1) is 0 Å². The summed E-state index contributed by atoms with van der Waals surface area (Å²) in [6, 6.07) is 20.6. The lowest BCUT2D eigenvalue weighted by atomic mass is 10.2. The molecule has 0 spiro atoms. The highest BCUT2D eigenvalue weighted by atomic mass is 16.5. The number of benzene rings is 2. The predicted octanol–water partition coefficient (Wildman–Crippen LogP) is 3.42. The fraction of sp³-hybridized carbons (Fsp3) is 0.0500. The van der Waals surface area contributed by atoms with Crippen LogP contribution in [0.1, 0.15) is 16.1 Å². The van der Waals surface area contributed by atoms with Gasteiger partial charge in [-0.2, -0.15) is 10.2 Å².